The summed E-state index contributed by atoms with van der Waals surface area (Å²) in [5.41, 5.74) is 17.1. The standard InChI is InChI=1S/C34H26N2/c1-3-23-5-9-25(10-6-23)27-13-19-33-31(21-27)32-22-28(26-11-15-29(35)16-12-26)14-20-34(32)36(33)30-17-7-24(4-2)8-18-30/h3-22H,1-2,35H2. The smallest absolute Gasteiger partial charge is 0.0541 e. The van der Waals surface area contributed by atoms with Crippen molar-refractivity contribution < 1.29 is 0 Å². The predicted octanol–water partition coefficient (Wildman–Crippen LogP) is 8.99. The molecule has 0 spiro atoms. The number of nitrogens with two attached hydrogens (primary N) is 1. The Labute approximate surface area is 211 Å². The molecule has 1 aromatic heterocycles. The van der Waals surface area contributed by atoms with E-state index in [4.69, 9.17) is 5.73 Å². The summed E-state index contributed by atoms with van der Waals surface area (Å²) in [6.07, 6.45) is 3.75. The van der Waals surface area contributed by atoms with Crippen LogP contribution in [0.2, 0.25) is 0 Å². The van der Waals surface area contributed by atoms with Crippen molar-refractivity contribution in [3.8, 4) is 27.9 Å². The number of hydrogen-bond acceptors (Lipinski definition) is 1. The SMILES string of the molecule is C=Cc1ccc(-c2ccc3c(c2)c2cc(-c4ccc(N)cc4)ccc2n3-c2ccc(C=C)cc2)cc1. The fourth-order valence-electron chi connectivity index (χ4n) is 4.91. The van der Waals surface area contributed by atoms with Crippen LogP contribution in [0, 0.1) is 0 Å². The first-order valence-electron chi connectivity index (χ1n) is 12.0. The van der Waals surface area contributed by atoms with Gasteiger partial charge in [0.2, 0.25) is 0 Å². The molecule has 36 heavy (non-hydrogen) atoms. The molecule has 0 radical (unpaired) electrons. The van der Waals surface area contributed by atoms with Gasteiger partial charge in [-0.05, 0) is 81.9 Å². The third-order valence-electron chi connectivity index (χ3n) is 6.88. The summed E-state index contributed by atoms with van der Waals surface area (Å²) in [6, 6.07) is 38.6. The van der Waals surface area contributed by atoms with Crippen molar-refractivity contribution in [2.75, 3.05) is 5.73 Å². The number of rotatable bonds is 5. The molecule has 172 valence electrons. The fourth-order valence-corrected chi connectivity index (χ4v) is 4.91. The molecule has 2 heteroatoms. The Morgan fingerprint density at radius 2 is 0.917 bits per heavy atom. The van der Waals surface area contributed by atoms with Crippen LogP contribution < -0.4 is 5.73 Å². The first-order valence-corrected chi connectivity index (χ1v) is 12.0. The highest BCUT2D eigenvalue weighted by molar-refractivity contribution is 6.11. The Bertz CT molecular complexity index is 1730. The average Bonchev–Trinajstić information content (AvgIpc) is 3.26. The molecule has 0 aliphatic rings. The molecule has 2 N–H and O–H groups in total. The second-order valence-corrected chi connectivity index (χ2v) is 9.04. The van der Waals surface area contributed by atoms with Crippen molar-refractivity contribution in [1.82, 2.24) is 4.57 Å². The van der Waals surface area contributed by atoms with Crippen molar-refractivity contribution >= 4 is 39.6 Å². The molecule has 0 aliphatic heterocycles. The van der Waals surface area contributed by atoms with Crippen LogP contribution >= 0.6 is 0 Å². The summed E-state index contributed by atoms with van der Waals surface area (Å²) >= 11 is 0. The minimum Gasteiger partial charge on any atom is -0.399 e. The van der Waals surface area contributed by atoms with E-state index in [9.17, 15) is 0 Å². The molecule has 0 fully saturated rings. The monoisotopic (exact) mass is 462 g/mol. The zero-order valence-electron chi connectivity index (χ0n) is 20.0. The Hall–Kier alpha value is -4.82. The van der Waals surface area contributed by atoms with Crippen LogP contribution in [0.15, 0.2) is 122 Å². The third-order valence-corrected chi connectivity index (χ3v) is 6.88. The second kappa shape index (κ2) is 8.75. The summed E-state index contributed by atoms with van der Waals surface area (Å²) in [5.74, 6) is 0. The Morgan fingerprint density at radius 3 is 1.39 bits per heavy atom. The van der Waals surface area contributed by atoms with Crippen LogP contribution in [0.5, 0.6) is 0 Å². The van der Waals surface area contributed by atoms with Gasteiger partial charge in [0.15, 0.2) is 0 Å². The van der Waals surface area contributed by atoms with Gasteiger partial charge >= 0.3 is 0 Å². The Balaban J connectivity index is 1.61. The molecule has 2 nitrogen and oxygen atoms in total. The van der Waals surface area contributed by atoms with Crippen LogP contribution in [0.3, 0.4) is 0 Å². The number of hydrogen-bond donors (Lipinski definition) is 1. The molecule has 6 rings (SSSR count). The number of benzene rings is 5. The molecule has 0 aliphatic carbocycles. The lowest BCUT2D eigenvalue weighted by molar-refractivity contribution is 1.18. The quantitative estimate of drug-likeness (QED) is 0.255. The van der Waals surface area contributed by atoms with Crippen LogP contribution in [0.4, 0.5) is 5.69 Å². The highest BCUT2D eigenvalue weighted by atomic mass is 15.0. The molecule has 1 heterocycles. The number of anilines is 1. The van der Waals surface area contributed by atoms with Crippen LogP contribution in [0.25, 0.3) is 61.9 Å². The van der Waals surface area contributed by atoms with Crippen molar-refractivity contribution in [1.29, 1.82) is 0 Å². The fraction of sp³-hybridized carbons (Fsp3) is 0. The van der Waals surface area contributed by atoms with Gasteiger partial charge in [-0.25, -0.2) is 0 Å². The van der Waals surface area contributed by atoms with Gasteiger partial charge in [-0.1, -0.05) is 86.0 Å². The number of fused-ring (bicyclic) bond motifs is 3. The van der Waals surface area contributed by atoms with Gasteiger partial charge in [-0.2, -0.15) is 0 Å². The van der Waals surface area contributed by atoms with Gasteiger partial charge in [0.05, 0.1) is 11.0 Å². The van der Waals surface area contributed by atoms with E-state index >= 15 is 0 Å². The molecule has 0 atom stereocenters. The first-order chi connectivity index (χ1) is 17.6. The van der Waals surface area contributed by atoms with E-state index in [1.54, 1.807) is 0 Å². The van der Waals surface area contributed by atoms with Gasteiger partial charge in [0, 0.05) is 22.1 Å². The van der Waals surface area contributed by atoms with Crippen LogP contribution in [0.1, 0.15) is 11.1 Å². The lowest BCUT2D eigenvalue weighted by Gasteiger charge is -2.09. The maximum Gasteiger partial charge on any atom is 0.0541 e. The van der Waals surface area contributed by atoms with Crippen LogP contribution in [-0.4, -0.2) is 4.57 Å². The van der Waals surface area contributed by atoms with Gasteiger partial charge in [0.25, 0.3) is 0 Å². The highest BCUT2D eigenvalue weighted by Crippen LogP contribution is 2.37. The van der Waals surface area contributed by atoms with Crippen molar-refractivity contribution in [2.45, 2.75) is 0 Å². The topological polar surface area (TPSA) is 30.9 Å². The van der Waals surface area contributed by atoms with E-state index in [0.717, 1.165) is 28.1 Å². The summed E-state index contributed by atoms with van der Waals surface area (Å²) in [6.45, 7) is 7.77. The van der Waals surface area contributed by atoms with E-state index in [1.807, 2.05) is 24.3 Å². The minimum atomic E-state index is 0.770. The molecule has 0 amide bonds. The summed E-state index contributed by atoms with van der Waals surface area (Å²) in [7, 11) is 0. The molecule has 0 saturated heterocycles. The normalized spacial score (nSPS) is 11.1. The van der Waals surface area contributed by atoms with Crippen LogP contribution in [-0.2, 0) is 0 Å². The molecule has 0 unspecified atom stereocenters. The molecule has 0 saturated carbocycles. The number of aromatic nitrogens is 1. The van der Waals surface area contributed by atoms with E-state index in [1.165, 1.54) is 38.5 Å². The van der Waals surface area contributed by atoms with Crippen molar-refractivity contribution in [3.63, 3.8) is 0 Å². The maximum atomic E-state index is 5.93. The summed E-state index contributed by atoms with van der Waals surface area (Å²) in [4.78, 5) is 0. The minimum absolute atomic E-state index is 0.770. The second-order valence-electron chi connectivity index (χ2n) is 9.04. The molecular weight excluding hydrogens is 436 g/mol. The van der Waals surface area contributed by atoms with E-state index in [2.05, 4.69) is 115 Å². The van der Waals surface area contributed by atoms with E-state index in [-0.39, 0.29) is 0 Å². The van der Waals surface area contributed by atoms with Crippen molar-refractivity contribution in [2.24, 2.45) is 0 Å². The number of nitrogens with zero attached hydrogens (tertiary/aromatic N) is 1. The largest absolute Gasteiger partial charge is 0.399 e. The summed E-state index contributed by atoms with van der Waals surface area (Å²) < 4.78 is 2.34. The van der Waals surface area contributed by atoms with E-state index < -0.39 is 0 Å². The lowest BCUT2D eigenvalue weighted by atomic mass is 9.99. The lowest BCUT2D eigenvalue weighted by Crippen LogP contribution is -1.93. The predicted molar refractivity (Wildman–Crippen MR) is 156 cm³/mol. The van der Waals surface area contributed by atoms with Gasteiger partial charge < -0.3 is 10.3 Å². The third kappa shape index (κ3) is 3.70. The van der Waals surface area contributed by atoms with Crippen molar-refractivity contribution in [3.05, 3.63) is 133 Å². The average molecular weight is 463 g/mol. The molecule has 5 aromatic carbocycles. The summed E-state index contributed by atoms with van der Waals surface area (Å²) in [5, 5.41) is 2.44. The van der Waals surface area contributed by atoms with Gasteiger partial charge in [-0.15, -0.1) is 0 Å². The zero-order chi connectivity index (χ0) is 24.6. The van der Waals surface area contributed by atoms with E-state index in [0.29, 0.717) is 0 Å². The molecular formula is C34H26N2. The maximum absolute atomic E-state index is 5.93. The van der Waals surface area contributed by atoms with Gasteiger partial charge in [-0.3, -0.25) is 0 Å². The zero-order valence-corrected chi connectivity index (χ0v) is 20.0. The Morgan fingerprint density at radius 1 is 0.500 bits per heavy atom. The van der Waals surface area contributed by atoms with Gasteiger partial charge in [0.1, 0.15) is 0 Å². The Kier molecular flexibility index (Phi) is 5.28. The highest BCUT2D eigenvalue weighted by Gasteiger charge is 2.14. The number of nitrogen functional groups attached to an aromatic ring is 1. The first kappa shape index (κ1) is 21.7. The molecule has 6 aromatic rings. The molecule has 0 bridgehead atoms.